The fourth-order valence-corrected chi connectivity index (χ4v) is 2.73. The lowest BCUT2D eigenvalue weighted by Gasteiger charge is -2.10. The number of nitrogens with one attached hydrogen (secondary N) is 1. The van der Waals surface area contributed by atoms with Crippen molar-refractivity contribution >= 4 is 35.0 Å². The number of thioether (sulfide) groups is 1. The Kier molecular flexibility index (Phi) is 5.54. The normalized spacial score (nSPS) is 10.1. The molecule has 118 valence electrons. The first kappa shape index (κ1) is 16.8. The third kappa shape index (κ3) is 4.69. The Morgan fingerprint density at radius 1 is 1.09 bits per heavy atom. The third-order valence-corrected chi connectivity index (χ3v) is 4.12. The molecule has 0 aliphatic rings. The largest absolute Gasteiger partial charge is 0.369 e. The highest BCUT2D eigenvalue weighted by Gasteiger charge is 2.13. The second-order valence-electron chi connectivity index (χ2n) is 4.84. The van der Waals surface area contributed by atoms with Gasteiger partial charge in [-0.05, 0) is 31.2 Å². The van der Waals surface area contributed by atoms with E-state index < -0.39 is 5.91 Å². The van der Waals surface area contributed by atoms with Gasteiger partial charge in [0.1, 0.15) is 0 Å². The number of primary amides is 1. The number of rotatable bonds is 6. The molecule has 3 N–H and O–H groups in total. The minimum Gasteiger partial charge on any atom is -0.369 e. The number of Topliss-reactive ketones (excluding diaryl/α,β-unsaturated/α-hetero) is 1. The van der Waals surface area contributed by atoms with Crippen LogP contribution in [0.1, 0.15) is 27.6 Å². The van der Waals surface area contributed by atoms with Gasteiger partial charge in [-0.2, -0.15) is 0 Å². The van der Waals surface area contributed by atoms with Crippen LogP contribution in [-0.4, -0.2) is 23.4 Å². The van der Waals surface area contributed by atoms with E-state index in [9.17, 15) is 14.4 Å². The monoisotopic (exact) mass is 328 g/mol. The van der Waals surface area contributed by atoms with Crippen molar-refractivity contribution in [1.82, 2.24) is 0 Å². The van der Waals surface area contributed by atoms with Crippen molar-refractivity contribution in [1.29, 1.82) is 0 Å². The predicted molar refractivity (Wildman–Crippen MR) is 90.8 cm³/mol. The lowest BCUT2D eigenvalue weighted by Crippen LogP contribution is -2.15. The van der Waals surface area contributed by atoms with Crippen LogP contribution in [0.5, 0.6) is 0 Å². The van der Waals surface area contributed by atoms with Crippen LogP contribution in [0.15, 0.2) is 53.4 Å². The number of carbonyl (C=O) groups is 3. The van der Waals surface area contributed by atoms with Gasteiger partial charge in [-0.25, -0.2) is 0 Å². The molecule has 0 radical (unpaired) electrons. The molecule has 0 bridgehead atoms. The topological polar surface area (TPSA) is 89.3 Å². The van der Waals surface area contributed by atoms with Gasteiger partial charge in [-0.3, -0.25) is 14.4 Å². The van der Waals surface area contributed by atoms with Crippen molar-refractivity contribution in [3.63, 3.8) is 0 Å². The predicted octanol–water partition coefficient (Wildman–Crippen LogP) is 2.72. The van der Waals surface area contributed by atoms with Crippen molar-refractivity contribution in [2.45, 2.75) is 11.8 Å². The molecule has 2 aromatic rings. The van der Waals surface area contributed by atoms with E-state index in [-0.39, 0.29) is 17.4 Å². The first-order chi connectivity index (χ1) is 11.0. The number of carbonyl (C=O) groups excluding carboxylic acids is 3. The van der Waals surface area contributed by atoms with Gasteiger partial charge in [0.15, 0.2) is 5.78 Å². The van der Waals surface area contributed by atoms with Gasteiger partial charge in [0, 0.05) is 16.1 Å². The van der Waals surface area contributed by atoms with Crippen molar-refractivity contribution in [2.24, 2.45) is 5.73 Å². The molecular weight excluding hydrogens is 312 g/mol. The molecule has 6 heteroatoms. The lowest BCUT2D eigenvalue weighted by molar-refractivity contribution is -0.115. The second kappa shape index (κ2) is 7.60. The highest BCUT2D eigenvalue weighted by Crippen LogP contribution is 2.23. The maximum Gasteiger partial charge on any atom is 0.256 e. The summed E-state index contributed by atoms with van der Waals surface area (Å²) in [5, 5.41) is 2.76. The average molecular weight is 328 g/mol. The van der Waals surface area contributed by atoms with Crippen LogP contribution in [0.25, 0.3) is 0 Å². The fourth-order valence-electron chi connectivity index (χ4n) is 1.94. The Morgan fingerprint density at radius 3 is 2.52 bits per heavy atom. The van der Waals surface area contributed by atoms with Gasteiger partial charge in [-0.1, -0.05) is 24.3 Å². The van der Waals surface area contributed by atoms with Crippen LogP contribution in [0.2, 0.25) is 0 Å². The van der Waals surface area contributed by atoms with E-state index in [1.54, 1.807) is 48.5 Å². The average Bonchev–Trinajstić information content (AvgIpc) is 2.53. The van der Waals surface area contributed by atoms with Crippen LogP contribution in [0, 0.1) is 0 Å². The lowest BCUT2D eigenvalue weighted by atomic mass is 10.1. The zero-order valence-corrected chi connectivity index (χ0v) is 13.4. The summed E-state index contributed by atoms with van der Waals surface area (Å²) in [5.74, 6) is -0.722. The summed E-state index contributed by atoms with van der Waals surface area (Å²) in [6.45, 7) is 1.47. The van der Waals surface area contributed by atoms with E-state index >= 15 is 0 Å². The minimum absolute atomic E-state index is 0.0708. The first-order valence-electron chi connectivity index (χ1n) is 6.90. The highest BCUT2D eigenvalue weighted by atomic mass is 32.2. The molecule has 0 spiro atoms. The summed E-state index contributed by atoms with van der Waals surface area (Å²) in [4.78, 5) is 35.4. The summed E-state index contributed by atoms with van der Waals surface area (Å²) in [5.41, 5.74) is 6.66. The van der Waals surface area contributed by atoms with Gasteiger partial charge in [0.05, 0.1) is 11.3 Å². The van der Waals surface area contributed by atoms with Gasteiger partial charge < -0.3 is 11.1 Å². The first-order valence-corrected chi connectivity index (χ1v) is 7.88. The quantitative estimate of drug-likeness (QED) is 0.630. The van der Waals surface area contributed by atoms with Crippen LogP contribution >= 0.6 is 11.8 Å². The van der Waals surface area contributed by atoms with Crippen LogP contribution in [0.3, 0.4) is 0 Å². The standard InChI is InChI=1S/C17H16N2O3S/c1-11(20)12-5-4-6-13(9-12)19-17(22)14-7-2-3-8-15(14)23-10-16(18)21/h2-9H,10H2,1H3,(H2,18,21)(H,19,22). The van der Waals surface area contributed by atoms with Crippen LogP contribution < -0.4 is 11.1 Å². The maximum atomic E-state index is 12.4. The van der Waals surface area contributed by atoms with E-state index in [0.29, 0.717) is 21.7 Å². The summed E-state index contributed by atoms with van der Waals surface area (Å²) < 4.78 is 0. The number of anilines is 1. The van der Waals surface area contributed by atoms with Crippen molar-refractivity contribution in [3.05, 3.63) is 59.7 Å². The van der Waals surface area contributed by atoms with Gasteiger partial charge in [0.25, 0.3) is 5.91 Å². The Balaban J connectivity index is 2.19. The van der Waals surface area contributed by atoms with Gasteiger partial charge in [0.2, 0.25) is 5.91 Å². The smallest absolute Gasteiger partial charge is 0.256 e. The molecule has 0 aliphatic carbocycles. The number of ketones is 1. The molecule has 2 rings (SSSR count). The minimum atomic E-state index is -0.445. The van der Waals surface area contributed by atoms with E-state index in [0.717, 1.165) is 0 Å². The summed E-state index contributed by atoms with van der Waals surface area (Å²) in [6.07, 6.45) is 0. The number of amides is 2. The fraction of sp³-hybridized carbons (Fsp3) is 0.118. The molecule has 23 heavy (non-hydrogen) atoms. The maximum absolute atomic E-state index is 12.4. The second-order valence-corrected chi connectivity index (χ2v) is 5.86. The molecule has 0 unspecified atom stereocenters. The summed E-state index contributed by atoms with van der Waals surface area (Å²) >= 11 is 1.21. The summed E-state index contributed by atoms with van der Waals surface area (Å²) in [6, 6.07) is 13.7. The Morgan fingerprint density at radius 2 is 1.83 bits per heavy atom. The summed E-state index contributed by atoms with van der Waals surface area (Å²) in [7, 11) is 0. The van der Waals surface area contributed by atoms with Crippen molar-refractivity contribution in [2.75, 3.05) is 11.1 Å². The Hall–Kier alpha value is -2.60. The molecular formula is C17H16N2O3S. The zero-order valence-electron chi connectivity index (χ0n) is 12.5. The molecule has 0 heterocycles. The van der Waals surface area contributed by atoms with Crippen molar-refractivity contribution < 1.29 is 14.4 Å². The number of benzene rings is 2. The van der Waals surface area contributed by atoms with E-state index in [4.69, 9.17) is 5.73 Å². The van der Waals surface area contributed by atoms with Crippen molar-refractivity contribution in [3.8, 4) is 0 Å². The van der Waals surface area contributed by atoms with Gasteiger partial charge >= 0.3 is 0 Å². The van der Waals surface area contributed by atoms with Gasteiger partial charge in [-0.15, -0.1) is 11.8 Å². The van der Waals surface area contributed by atoms with Crippen LogP contribution in [-0.2, 0) is 4.79 Å². The third-order valence-electron chi connectivity index (χ3n) is 3.03. The molecule has 2 amide bonds. The number of nitrogens with two attached hydrogens (primary N) is 1. The molecule has 0 saturated carbocycles. The molecule has 0 aliphatic heterocycles. The van der Waals surface area contributed by atoms with E-state index in [1.807, 2.05) is 0 Å². The van der Waals surface area contributed by atoms with E-state index in [2.05, 4.69) is 5.32 Å². The molecule has 0 aromatic heterocycles. The molecule has 0 atom stereocenters. The molecule has 0 fully saturated rings. The number of hydrogen-bond acceptors (Lipinski definition) is 4. The Bertz CT molecular complexity index is 759. The SMILES string of the molecule is CC(=O)c1cccc(NC(=O)c2ccccc2SCC(N)=O)c1. The molecule has 0 saturated heterocycles. The highest BCUT2D eigenvalue weighted by molar-refractivity contribution is 8.00. The molecule has 2 aromatic carbocycles. The van der Waals surface area contributed by atoms with E-state index in [1.165, 1.54) is 18.7 Å². The number of hydrogen-bond donors (Lipinski definition) is 2. The molecule has 5 nitrogen and oxygen atoms in total. The zero-order chi connectivity index (χ0) is 16.8. The van der Waals surface area contributed by atoms with Crippen LogP contribution in [0.4, 0.5) is 5.69 Å². The Labute approximate surface area is 138 Å².